The molecule has 0 atom stereocenters. The Hall–Kier alpha value is 0.930. The van der Waals surface area contributed by atoms with Crippen LogP contribution < -0.4 is 18.5 Å². The summed E-state index contributed by atoms with van der Waals surface area (Å²) >= 11 is 0. The third-order valence-corrected chi connectivity index (χ3v) is 0. The molecule has 0 aromatic rings. The first-order valence-electron chi connectivity index (χ1n) is 0. The summed E-state index contributed by atoms with van der Waals surface area (Å²) < 4.78 is 0. The van der Waals surface area contributed by atoms with Crippen LogP contribution >= 0.6 is 40.5 Å². The normalized spacial score (nSPS) is 0. The van der Waals surface area contributed by atoms with Gasteiger partial charge in [-0.3, -0.25) is 0 Å². The smallest absolute Gasteiger partial charge is 0 e. The quantitative estimate of drug-likeness (QED) is 0.466. The van der Waals surface area contributed by atoms with Crippen LogP contribution in [0.3, 0.4) is 0 Å². The van der Waals surface area contributed by atoms with E-state index in [1.54, 1.807) is 0 Å². The zero-order valence-corrected chi connectivity index (χ0v) is 5.02. The molecule has 0 bridgehead atoms. The maximum absolute atomic E-state index is 0. The summed E-state index contributed by atoms with van der Waals surface area (Å²) in [7, 11) is 0. The van der Waals surface area contributed by atoms with Crippen LogP contribution in [0, 0.1) is 0 Å². The third kappa shape index (κ3) is 88.0. The summed E-state index contributed by atoms with van der Waals surface area (Å²) in [6, 6.07) is 0. The van der Waals surface area contributed by atoms with E-state index in [1.165, 1.54) is 0 Å². The van der Waals surface area contributed by atoms with Crippen LogP contribution in [0.25, 0.3) is 0 Å². The summed E-state index contributed by atoms with van der Waals surface area (Å²) in [5.41, 5.74) is 0. The second-order valence-electron chi connectivity index (χ2n) is 0. The highest BCUT2D eigenvalue weighted by atomic mass is 32.1. The lowest BCUT2D eigenvalue weighted by molar-refractivity contribution is 2.13. The van der Waals surface area contributed by atoms with Crippen molar-refractivity contribution in [3.05, 3.63) is 0 Å². The van der Waals surface area contributed by atoms with Crippen LogP contribution in [0.4, 0.5) is 0 Å². The monoisotopic (exact) mass is 138 g/mol. The Kier molecular flexibility index (Phi) is 7830. The molecule has 0 amide bonds. The van der Waals surface area contributed by atoms with Crippen LogP contribution in [0.5, 0.6) is 0 Å². The van der Waals surface area contributed by atoms with Crippen molar-refractivity contribution in [2.24, 2.45) is 0 Å². The van der Waals surface area contributed by atoms with Crippen molar-refractivity contribution >= 4 is 40.5 Å². The Labute approximate surface area is 59.4 Å². The van der Waals surface area contributed by atoms with Crippen LogP contribution in [-0.2, 0) is 0 Å². The molecule has 0 aliphatic carbocycles. The Morgan fingerprint density at radius 3 is 0.333 bits per heavy atom. The molecule has 0 fully saturated rings. The SMILES string of the molecule is [N].[N].[N].[S].[S].[S]. The van der Waals surface area contributed by atoms with Gasteiger partial charge < -0.3 is 0 Å². The van der Waals surface area contributed by atoms with Gasteiger partial charge in [0.2, 0.25) is 0 Å². The van der Waals surface area contributed by atoms with Gasteiger partial charge in [-0.05, 0) is 0 Å². The van der Waals surface area contributed by atoms with Crippen LogP contribution in [0.2, 0.25) is 0 Å². The van der Waals surface area contributed by atoms with Crippen molar-refractivity contribution in [1.29, 1.82) is 0 Å². The molecular formula is N3S3. The zero-order chi connectivity index (χ0) is 0. The summed E-state index contributed by atoms with van der Waals surface area (Å²) in [4.78, 5) is 0. The van der Waals surface area contributed by atoms with Gasteiger partial charge in [0.1, 0.15) is 0 Å². The molecule has 0 N–H and O–H groups in total. The van der Waals surface area contributed by atoms with Gasteiger partial charge in [0.15, 0.2) is 0 Å². The van der Waals surface area contributed by atoms with E-state index in [9.17, 15) is 0 Å². The van der Waals surface area contributed by atoms with E-state index in [1.807, 2.05) is 0 Å². The summed E-state index contributed by atoms with van der Waals surface area (Å²) in [6.45, 7) is 0. The Morgan fingerprint density at radius 2 is 0.333 bits per heavy atom. The Balaban J connectivity index is 0. The summed E-state index contributed by atoms with van der Waals surface area (Å²) in [5, 5.41) is 0. The lowest BCUT2D eigenvalue weighted by Crippen LogP contribution is -0.482. The van der Waals surface area contributed by atoms with Gasteiger partial charge in [-0.2, -0.15) is 0 Å². The molecule has 0 aliphatic heterocycles. The number of hydrogen-bond donors (Lipinski definition) is 0. The van der Waals surface area contributed by atoms with Crippen molar-refractivity contribution < 1.29 is 0 Å². The van der Waals surface area contributed by atoms with Gasteiger partial charge in [0.25, 0.3) is 0 Å². The van der Waals surface area contributed by atoms with E-state index < -0.39 is 0 Å². The van der Waals surface area contributed by atoms with Crippen molar-refractivity contribution in [1.82, 2.24) is 18.5 Å². The second kappa shape index (κ2) is 167. The van der Waals surface area contributed by atoms with E-state index in [0.717, 1.165) is 0 Å². The Morgan fingerprint density at radius 1 is 0.333 bits per heavy atom. The molecule has 15 radical (unpaired) electrons. The van der Waals surface area contributed by atoms with E-state index >= 15 is 0 Å². The maximum atomic E-state index is 0. The van der Waals surface area contributed by atoms with E-state index in [-0.39, 0.29) is 58.9 Å². The molecule has 0 aliphatic rings. The van der Waals surface area contributed by atoms with Gasteiger partial charge in [0.05, 0.1) is 0 Å². The molecule has 0 unspecified atom stereocenters. The molecule has 0 aromatic carbocycles. The lowest BCUT2D eigenvalue weighted by atomic mass is 14.0. The predicted molar refractivity (Wildman–Crippen MR) is 29.2 cm³/mol. The molecule has 0 heterocycles. The fourth-order valence-electron chi connectivity index (χ4n) is 0. The third-order valence-electron chi connectivity index (χ3n) is 0. The molecule has 6 heavy (non-hydrogen) atoms. The Bertz CT molecular complexity index is 6.00. The van der Waals surface area contributed by atoms with Gasteiger partial charge in [0, 0.05) is 58.9 Å². The van der Waals surface area contributed by atoms with Crippen LogP contribution in [-0.4, -0.2) is 0 Å². The predicted octanol–water partition coefficient (Wildman–Crippen LogP) is 0.503. The van der Waals surface area contributed by atoms with Crippen LogP contribution in [0.1, 0.15) is 0 Å². The maximum Gasteiger partial charge on any atom is 0 e. The number of rotatable bonds is 0. The molecule has 3 nitrogen and oxygen atoms in total. The van der Waals surface area contributed by atoms with Crippen molar-refractivity contribution in [2.45, 2.75) is 0 Å². The minimum Gasteiger partial charge on any atom is 0 e. The molecule has 33 valence electrons. The summed E-state index contributed by atoms with van der Waals surface area (Å²) in [6.07, 6.45) is 0. The second-order valence-corrected chi connectivity index (χ2v) is 0. The van der Waals surface area contributed by atoms with E-state index in [0.29, 0.717) is 0 Å². The fraction of sp³-hybridized carbons (Fsp3) is 0. The molecule has 0 saturated heterocycles. The number of nitrogens with zero attached hydrogens (tertiary/aromatic N) is 3. The molecule has 0 rings (SSSR count). The molecule has 0 spiro atoms. The van der Waals surface area contributed by atoms with Gasteiger partial charge in [-0.25, -0.2) is 0 Å². The topological polar surface area (TPSA) is 91.5 Å². The first kappa shape index (κ1) is 282. The van der Waals surface area contributed by atoms with E-state index in [2.05, 4.69) is 0 Å². The first-order chi connectivity index (χ1) is 0. The van der Waals surface area contributed by atoms with Crippen molar-refractivity contribution in [2.75, 3.05) is 0 Å². The molecular weight excluding hydrogens is 138 g/mol. The number of hydrogen-bond acceptors (Lipinski definition) is 0. The molecule has 0 aromatic heterocycles. The lowest BCUT2D eigenvalue weighted by Gasteiger charge is -0.00100. The largest absolute Gasteiger partial charge is 0 e. The zero-order valence-electron chi connectivity index (χ0n) is 2.57. The van der Waals surface area contributed by atoms with Crippen molar-refractivity contribution in [3.8, 4) is 0 Å². The summed E-state index contributed by atoms with van der Waals surface area (Å²) in [5.74, 6) is 0. The standard InChI is InChI=1S/3N.3S. The van der Waals surface area contributed by atoms with Gasteiger partial charge in [-0.15, -0.1) is 0 Å². The highest BCUT2D eigenvalue weighted by Crippen LogP contribution is 0.650. The average molecular weight is 138 g/mol. The van der Waals surface area contributed by atoms with Gasteiger partial charge in [-0.1, -0.05) is 0 Å². The fourth-order valence-corrected chi connectivity index (χ4v) is 0. The first-order valence-corrected chi connectivity index (χ1v) is 0. The van der Waals surface area contributed by atoms with Gasteiger partial charge >= 0.3 is 0 Å². The highest BCUT2D eigenvalue weighted by molar-refractivity contribution is 7.59. The minimum absolute atomic E-state index is 0. The van der Waals surface area contributed by atoms with E-state index in [4.69, 9.17) is 0 Å². The van der Waals surface area contributed by atoms with Crippen LogP contribution in [0.15, 0.2) is 0 Å². The molecule has 0 saturated carbocycles. The molecule has 6 heteroatoms. The minimum atomic E-state index is 0. The highest BCUT2D eigenvalue weighted by Gasteiger charge is 0.00500. The van der Waals surface area contributed by atoms with Crippen molar-refractivity contribution in [3.63, 3.8) is 0 Å². The average Bonchev–Trinajstić information content (AvgIpc) is 0.